The molecular formula is C14H19ClN4OS. The zero-order chi connectivity index (χ0) is 15.2. The molecule has 0 saturated carbocycles. The van der Waals surface area contributed by atoms with Crippen molar-refractivity contribution in [3.63, 3.8) is 0 Å². The van der Waals surface area contributed by atoms with Crippen LogP contribution in [0.15, 0.2) is 17.5 Å². The molecule has 2 heterocycles. The molecule has 1 unspecified atom stereocenters. The van der Waals surface area contributed by atoms with Crippen molar-refractivity contribution < 1.29 is 4.74 Å². The summed E-state index contributed by atoms with van der Waals surface area (Å²) in [6.07, 6.45) is 2.04. The monoisotopic (exact) mass is 326 g/mol. The van der Waals surface area contributed by atoms with Crippen LogP contribution in [-0.4, -0.2) is 21.1 Å². The van der Waals surface area contributed by atoms with Gasteiger partial charge in [-0.2, -0.15) is 15.0 Å². The molecule has 1 atom stereocenters. The molecule has 2 rings (SSSR count). The fourth-order valence-electron chi connectivity index (χ4n) is 1.88. The molecule has 0 spiro atoms. The molecule has 2 aromatic rings. The van der Waals surface area contributed by atoms with Crippen LogP contribution in [0.2, 0.25) is 5.28 Å². The van der Waals surface area contributed by atoms with E-state index in [1.165, 1.54) is 4.88 Å². The summed E-state index contributed by atoms with van der Waals surface area (Å²) in [5.74, 6) is 0.442. The molecule has 0 aliphatic rings. The third-order valence-electron chi connectivity index (χ3n) is 2.70. The van der Waals surface area contributed by atoms with Crippen LogP contribution >= 0.6 is 22.9 Å². The average molecular weight is 327 g/mol. The lowest BCUT2D eigenvalue weighted by atomic mass is 10.1. The number of aromatic nitrogens is 3. The lowest BCUT2D eigenvalue weighted by Crippen LogP contribution is -2.14. The Morgan fingerprint density at radius 1 is 1.33 bits per heavy atom. The lowest BCUT2D eigenvalue weighted by Gasteiger charge is -2.17. The van der Waals surface area contributed by atoms with E-state index in [0.29, 0.717) is 5.95 Å². The molecule has 0 aliphatic heterocycles. The van der Waals surface area contributed by atoms with Gasteiger partial charge in [0.15, 0.2) is 0 Å². The van der Waals surface area contributed by atoms with Crippen molar-refractivity contribution in [1.29, 1.82) is 0 Å². The molecule has 21 heavy (non-hydrogen) atoms. The highest BCUT2D eigenvalue weighted by Gasteiger charge is 2.15. The van der Waals surface area contributed by atoms with E-state index in [-0.39, 0.29) is 23.4 Å². The number of rotatable bonds is 7. The van der Waals surface area contributed by atoms with Crippen molar-refractivity contribution in [2.24, 2.45) is 0 Å². The minimum Gasteiger partial charge on any atom is -0.461 e. The maximum Gasteiger partial charge on any atom is 0.322 e. The highest BCUT2D eigenvalue weighted by Crippen LogP contribution is 2.27. The van der Waals surface area contributed by atoms with E-state index in [9.17, 15) is 0 Å². The summed E-state index contributed by atoms with van der Waals surface area (Å²) in [5.41, 5.74) is 0. The van der Waals surface area contributed by atoms with Crippen LogP contribution in [0.3, 0.4) is 0 Å². The second-order valence-electron chi connectivity index (χ2n) is 4.88. The first kappa shape index (κ1) is 16.0. The number of nitrogens with one attached hydrogen (secondary N) is 1. The standard InChI is InChI=1S/C14H19ClN4OS/c1-4-6-10(11-7-5-8-21-11)16-13-17-12(15)18-14(19-13)20-9(2)3/h5,7-10H,4,6H2,1-3H3,(H,16,17,18,19). The van der Waals surface area contributed by atoms with Gasteiger partial charge in [0, 0.05) is 4.88 Å². The van der Waals surface area contributed by atoms with Gasteiger partial charge in [-0.05, 0) is 43.3 Å². The van der Waals surface area contributed by atoms with Crippen molar-refractivity contribution in [2.75, 3.05) is 5.32 Å². The third-order valence-corrected chi connectivity index (χ3v) is 3.85. The van der Waals surface area contributed by atoms with E-state index in [1.807, 2.05) is 19.9 Å². The zero-order valence-corrected chi connectivity index (χ0v) is 13.9. The average Bonchev–Trinajstić information content (AvgIpc) is 2.90. The fraction of sp³-hybridized carbons (Fsp3) is 0.500. The molecule has 5 nitrogen and oxygen atoms in total. The van der Waals surface area contributed by atoms with E-state index in [0.717, 1.165) is 12.8 Å². The lowest BCUT2D eigenvalue weighted by molar-refractivity contribution is 0.222. The Labute approximate surface area is 133 Å². The van der Waals surface area contributed by atoms with Gasteiger partial charge in [0.25, 0.3) is 0 Å². The van der Waals surface area contributed by atoms with Gasteiger partial charge in [0.1, 0.15) is 0 Å². The summed E-state index contributed by atoms with van der Waals surface area (Å²) in [6, 6.07) is 4.55. The zero-order valence-electron chi connectivity index (χ0n) is 12.3. The molecule has 7 heteroatoms. The molecule has 0 aliphatic carbocycles. The SMILES string of the molecule is CCCC(Nc1nc(Cl)nc(OC(C)C)n1)c1cccs1. The van der Waals surface area contributed by atoms with Gasteiger partial charge in [-0.25, -0.2) is 0 Å². The Balaban J connectivity index is 2.18. The van der Waals surface area contributed by atoms with Crippen LogP contribution in [-0.2, 0) is 0 Å². The summed E-state index contributed by atoms with van der Waals surface area (Å²) in [7, 11) is 0. The summed E-state index contributed by atoms with van der Waals surface area (Å²) in [4.78, 5) is 13.6. The largest absolute Gasteiger partial charge is 0.461 e. The maximum absolute atomic E-state index is 5.94. The topological polar surface area (TPSA) is 59.9 Å². The molecule has 0 bridgehead atoms. The highest BCUT2D eigenvalue weighted by atomic mass is 35.5. The van der Waals surface area contributed by atoms with Gasteiger partial charge in [-0.3, -0.25) is 0 Å². The predicted molar refractivity (Wildman–Crippen MR) is 86.2 cm³/mol. The fourth-order valence-corrected chi connectivity index (χ4v) is 2.84. The number of hydrogen-bond donors (Lipinski definition) is 1. The number of anilines is 1. The Hall–Kier alpha value is -1.40. The quantitative estimate of drug-likeness (QED) is 0.820. The van der Waals surface area contributed by atoms with Gasteiger partial charge in [0.05, 0.1) is 12.1 Å². The summed E-state index contributed by atoms with van der Waals surface area (Å²) in [5, 5.41) is 5.51. The van der Waals surface area contributed by atoms with Crippen molar-refractivity contribution in [3.05, 3.63) is 27.7 Å². The van der Waals surface area contributed by atoms with Crippen LogP contribution in [0, 0.1) is 0 Å². The molecule has 0 saturated heterocycles. The van der Waals surface area contributed by atoms with Gasteiger partial charge in [-0.1, -0.05) is 19.4 Å². The number of ether oxygens (including phenoxy) is 1. The number of hydrogen-bond acceptors (Lipinski definition) is 6. The molecule has 0 fully saturated rings. The van der Waals surface area contributed by atoms with E-state index >= 15 is 0 Å². The van der Waals surface area contributed by atoms with Gasteiger partial charge < -0.3 is 10.1 Å². The number of halogens is 1. The first-order chi connectivity index (χ1) is 10.1. The third kappa shape index (κ3) is 4.82. The molecule has 114 valence electrons. The Bertz CT molecular complexity index is 562. The van der Waals surface area contributed by atoms with Crippen molar-refractivity contribution in [3.8, 4) is 6.01 Å². The molecular weight excluding hydrogens is 308 g/mol. The second-order valence-corrected chi connectivity index (χ2v) is 6.20. The van der Waals surface area contributed by atoms with E-state index in [1.54, 1.807) is 11.3 Å². The van der Waals surface area contributed by atoms with Crippen molar-refractivity contribution >= 4 is 28.9 Å². The van der Waals surface area contributed by atoms with Crippen LogP contribution in [0.25, 0.3) is 0 Å². The summed E-state index contributed by atoms with van der Waals surface area (Å²) < 4.78 is 5.48. The highest BCUT2D eigenvalue weighted by molar-refractivity contribution is 7.10. The first-order valence-electron chi connectivity index (χ1n) is 6.96. The van der Waals surface area contributed by atoms with Crippen LogP contribution in [0.1, 0.15) is 44.5 Å². The van der Waals surface area contributed by atoms with Crippen LogP contribution < -0.4 is 10.1 Å². The predicted octanol–water partition coefficient (Wildman–Crippen LogP) is 4.33. The summed E-state index contributed by atoms with van der Waals surface area (Å²) >= 11 is 7.65. The minimum absolute atomic E-state index is 0.0138. The van der Waals surface area contributed by atoms with Crippen LogP contribution in [0.4, 0.5) is 5.95 Å². The Kier molecular flexibility index (Phi) is 5.76. The first-order valence-corrected chi connectivity index (χ1v) is 8.22. The number of thiophene rings is 1. The van der Waals surface area contributed by atoms with Gasteiger partial charge in [-0.15, -0.1) is 11.3 Å². The molecule has 0 amide bonds. The van der Waals surface area contributed by atoms with E-state index in [4.69, 9.17) is 16.3 Å². The summed E-state index contributed by atoms with van der Waals surface area (Å²) in [6.45, 7) is 5.97. The molecule has 0 radical (unpaired) electrons. The Morgan fingerprint density at radius 3 is 2.76 bits per heavy atom. The molecule has 0 aromatic carbocycles. The second kappa shape index (κ2) is 7.56. The molecule has 2 aromatic heterocycles. The number of nitrogens with zero attached hydrogens (tertiary/aromatic N) is 3. The van der Waals surface area contributed by atoms with Crippen LogP contribution in [0.5, 0.6) is 6.01 Å². The van der Waals surface area contributed by atoms with E-state index in [2.05, 4.69) is 38.6 Å². The smallest absolute Gasteiger partial charge is 0.322 e. The maximum atomic E-state index is 5.94. The van der Waals surface area contributed by atoms with E-state index < -0.39 is 0 Å². The van der Waals surface area contributed by atoms with Gasteiger partial charge >= 0.3 is 6.01 Å². The van der Waals surface area contributed by atoms with Crippen molar-refractivity contribution in [1.82, 2.24) is 15.0 Å². The Morgan fingerprint density at radius 2 is 2.14 bits per heavy atom. The van der Waals surface area contributed by atoms with Crippen molar-refractivity contribution in [2.45, 2.75) is 45.8 Å². The van der Waals surface area contributed by atoms with Gasteiger partial charge in [0.2, 0.25) is 11.2 Å². The minimum atomic E-state index is -0.0138. The molecule has 1 N–H and O–H groups in total. The normalized spacial score (nSPS) is 12.4.